The van der Waals surface area contributed by atoms with E-state index in [9.17, 15) is 14.9 Å². The molecule has 7 heteroatoms. The number of rotatable bonds is 8. The van der Waals surface area contributed by atoms with Gasteiger partial charge in [0.2, 0.25) is 0 Å². The molecule has 1 fully saturated rings. The van der Waals surface area contributed by atoms with Crippen molar-refractivity contribution in [3.05, 3.63) is 29.5 Å². The number of fused-ring (bicyclic) bond motifs is 1. The average molecular weight is 412 g/mol. The van der Waals surface area contributed by atoms with Gasteiger partial charge >= 0.3 is 11.9 Å². The Morgan fingerprint density at radius 1 is 1.17 bits per heavy atom. The second kappa shape index (κ2) is 9.75. The number of carbonyl (C=O) groups is 2. The van der Waals surface area contributed by atoms with Gasteiger partial charge in [-0.05, 0) is 44.7 Å². The van der Waals surface area contributed by atoms with Crippen molar-refractivity contribution in [3.63, 3.8) is 0 Å². The molecule has 2 aromatic rings. The molecule has 1 aliphatic carbocycles. The van der Waals surface area contributed by atoms with Gasteiger partial charge in [0.15, 0.2) is 5.92 Å². The van der Waals surface area contributed by atoms with Crippen LogP contribution in [0.15, 0.2) is 18.2 Å². The third-order valence-electron chi connectivity index (χ3n) is 5.73. The normalized spacial score (nSPS) is 15.3. The first-order valence-corrected chi connectivity index (χ1v) is 10.8. The number of carbonyl (C=O) groups excluding carboxylic acids is 2. The average Bonchev–Trinajstić information content (AvgIpc) is 3.39. The molecule has 1 aliphatic rings. The summed E-state index contributed by atoms with van der Waals surface area (Å²) >= 11 is 0. The highest BCUT2D eigenvalue weighted by molar-refractivity contribution is 5.97. The molecule has 7 nitrogen and oxygen atoms in total. The largest absolute Gasteiger partial charge is 0.465 e. The van der Waals surface area contributed by atoms with Crippen LogP contribution in [0.2, 0.25) is 0 Å². The van der Waals surface area contributed by atoms with Crippen LogP contribution in [0, 0.1) is 17.2 Å². The lowest BCUT2D eigenvalue weighted by molar-refractivity contribution is -0.162. The number of esters is 2. The van der Waals surface area contributed by atoms with E-state index in [4.69, 9.17) is 14.6 Å². The fraction of sp³-hybridized carbons (Fsp3) is 0.565. The molecule has 0 N–H and O–H groups in total. The van der Waals surface area contributed by atoms with Crippen LogP contribution in [-0.4, -0.2) is 34.9 Å². The summed E-state index contributed by atoms with van der Waals surface area (Å²) in [5, 5.41) is 15.8. The van der Waals surface area contributed by atoms with Crippen molar-refractivity contribution >= 4 is 22.8 Å². The lowest BCUT2D eigenvalue weighted by Crippen LogP contribution is -2.33. The topological polar surface area (TPSA) is 94.2 Å². The number of benzene rings is 1. The first-order valence-electron chi connectivity index (χ1n) is 10.8. The molecule has 1 atom stereocenters. The quantitative estimate of drug-likeness (QED) is 0.480. The van der Waals surface area contributed by atoms with Crippen LogP contribution in [0.4, 0.5) is 0 Å². The van der Waals surface area contributed by atoms with E-state index in [1.165, 1.54) is 12.8 Å². The van der Waals surface area contributed by atoms with Crippen molar-refractivity contribution in [2.45, 2.75) is 64.8 Å². The lowest BCUT2D eigenvalue weighted by atomic mass is 9.86. The second-order valence-corrected chi connectivity index (χ2v) is 7.55. The fourth-order valence-electron chi connectivity index (χ4n) is 4.28. The van der Waals surface area contributed by atoms with Gasteiger partial charge in [-0.2, -0.15) is 10.4 Å². The minimum atomic E-state index is -1.32. The summed E-state index contributed by atoms with van der Waals surface area (Å²) in [7, 11) is 0. The minimum absolute atomic E-state index is 0.125. The van der Waals surface area contributed by atoms with Gasteiger partial charge in [-0.25, -0.2) is 0 Å². The predicted molar refractivity (Wildman–Crippen MR) is 112 cm³/mol. The summed E-state index contributed by atoms with van der Waals surface area (Å²) in [4.78, 5) is 25.1. The molecule has 30 heavy (non-hydrogen) atoms. The smallest absolute Gasteiger partial charge is 0.322 e. The molecular weight excluding hydrogens is 382 g/mol. The standard InChI is InChI=1S/C23H29N3O4/c1-4-19-17-12-11-15(13-20(17)26(25-19)16-9-7-8-10-16)18(14-24)21(22(27)29-5-2)23(28)30-6-3/h11-13,16,18,21H,4-10H2,1-3H3. The minimum Gasteiger partial charge on any atom is -0.465 e. The summed E-state index contributed by atoms with van der Waals surface area (Å²) in [6.07, 6.45) is 5.34. The molecule has 1 aromatic heterocycles. The fourth-order valence-corrected chi connectivity index (χ4v) is 4.28. The summed E-state index contributed by atoms with van der Waals surface area (Å²) < 4.78 is 12.2. The van der Waals surface area contributed by atoms with Crippen molar-refractivity contribution in [1.82, 2.24) is 9.78 Å². The van der Waals surface area contributed by atoms with Crippen LogP contribution in [0.3, 0.4) is 0 Å². The van der Waals surface area contributed by atoms with Gasteiger partial charge < -0.3 is 9.47 Å². The summed E-state index contributed by atoms with van der Waals surface area (Å²) in [5.74, 6) is -3.78. The summed E-state index contributed by atoms with van der Waals surface area (Å²) in [6.45, 7) is 5.66. The number of hydrogen-bond donors (Lipinski definition) is 0. The molecule has 1 unspecified atom stereocenters. The summed E-state index contributed by atoms with van der Waals surface area (Å²) in [6, 6.07) is 8.14. The maximum absolute atomic E-state index is 12.5. The van der Waals surface area contributed by atoms with Gasteiger partial charge in [-0.1, -0.05) is 31.9 Å². The zero-order chi connectivity index (χ0) is 21.7. The van der Waals surface area contributed by atoms with Crippen LogP contribution in [0.5, 0.6) is 0 Å². The molecule has 0 bridgehead atoms. The molecule has 160 valence electrons. The molecule has 0 saturated heterocycles. The highest BCUT2D eigenvalue weighted by Crippen LogP contribution is 2.35. The van der Waals surface area contributed by atoms with E-state index in [-0.39, 0.29) is 13.2 Å². The van der Waals surface area contributed by atoms with E-state index >= 15 is 0 Å². The Hall–Kier alpha value is -2.88. The van der Waals surface area contributed by atoms with Gasteiger partial charge in [-0.3, -0.25) is 14.3 Å². The maximum atomic E-state index is 12.5. The molecule has 0 spiro atoms. The molecule has 0 aliphatic heterocycles. The molecule has 3 rings (SSSR count). The van der Waals surface area contributed by atoms with Gasteiger partial charge in [0.05, 0.1) is 42.5 Å². The van der Waals surface area contributed by atoms with E-state index in [1.807, 2.05) is 18.2 Å². The number of aryl methyl sites for hydroxylation is 1. The molecule has 1 heterocycles. The SMILES string of the molecule is CCOC(=O)C(C(=O)OCC)C(C#N)c1ccc2c(CC)nn(C3CCCC3)c2c1. The summed E-state index contributed by atoms with van der Waals surface area (Å²) in [5.41, 5.74) is 2.56. The van der Waals surface area contributed by atoms with Crippen LogP contribution in [0.25, 0.3) is 10.9 Å². The third kappa shape index (κ3) is 4.18. The molecular formula is C23H29N3O4. The highest BCUT2D eigenvalue weighted by atomic mass is 16.6. The third-order valence-corrected chi connectivity index (χ3v) is 5.73. The monoisotopic (exact) mass is 411 g/mol. The number of aromatic nitrogens is 2. The zero-order valence-electron chi connectivity index (χ0n) is 17.9. The van der Waals surface area contributed by atoms with Crippen molar-refractivity contribution in [3.8, 4) is 6.07 Å². The van der Waals surface area contributed by atoms with Crippen LogP contribution >= 0.6 is 0 Å². The van der Waals surface area contributed by atoms with Gasteiger partial charge in [0, 0.05) is 5.39 Å². The highest BCUT2D eigenvalue weighted by Gasteiger charge is 2.39. The van der Waals surface area contributed by atoms with Gasteiger partial charge in [0.25, 0.3) is 0 Å². The van der Waals surface area contributed by atoms with E-state index in [1.54, 1.807) is 13.8 Å². The Kier molecular flexibility index (Phi) is 7.09. The number of nitrogens with zero attached hydrogens (tertiary/aromatic N) is 3. The second-order valence-electron chi connectivity index (χ2n) is 7.55. The van der Waals surface area contributed by atoms with Crippen LogP contribution in [-0.2, 0) is 25.5 Å². The Labute approximate surface area is 176 Å². The van der Waals surface area contributed by atoms with Crippen molar-refractivity contribution in [2.24, 2.45) is 5.92 Å². The van der Waals surface area contributed by atoms with E-state index < -0.39 is 23.8 Å². The van der Waals surface area contributed by atoms with E-state index in [2.05, 4.69) is 17.7 Å². The van der Waals surface area contributed by atoms with Crippen LogP contribution < -0.4 is 0 Å². The first kappa shape index (κ1) is 21.8. The molecule has 1 saturated carbocycles. The first-order chi connectivity index (χ1) is 14.5. The van der Waals surface area contributed by atoms with Gasteiger partial charge in [0.1, 0.15) is 0 Å². The lowest BCUT2D eigenvalue weighted by Gasteiger charge is -2.20. The Morgan fingerprint density at radius 2 is 1.80 bits per heavy atom. The molecule has 0 radical (unpaired) electrons. The Balaban J connectivity index is 2.07. The Bertz CT molecular complexity index is 935. The molecule has 0 amide bonds. The number of nitriles is 1. The van der Waals surface area contributed by atoms with Crippen molar-refractivity contribution in [2.75, 3.05) is 13.2 Å². The molecule has 1 aromatic carbocycles. The van der Waals surface area contributed by atoms with Crippen LogP contribution in [0.1, 0.15) is 69.7 Å². The van der Waals surface area contributed by atoms with Crippen molar-refractivity contribution < 1.29 is 19.1 Å². The van der Waals surface area contributed by atoms with E-state index in [0.29, 0.717) is 11.6 Å². The van der Waals surface area contributed by atoms with Gasteiger partial charge in [-0.15, -0.1) is 0 Å². The maximum Gasteiger partial charge on any atom is 0.322 e. The van der Waals surface area contributed by atoms with Crippen molar-refractivity contribution in [1.29, 1.82) is 5.26 Å². The predicted octanol–water partition coefficient (Wildman–Crippen LogP) is 4.06. The number of hydrogen-bond acceptors (Lipinski definition) is 6. The zero-order valence-corrected chi connectivity index (χ0v) is 17.9. The Morgan fingerprint density at radius 3 is 2.33 bits per heavy atom. The van der Waals surface area contributed by atoms with E-state index in [0.717, 1.165) is 35.9 Å². The number of ether oxygens (including phenoxy) is 2.